The first-order valence-electron chi connectivity index (χ1n) is 7.64. The molecular formula is C19H20N2O. The van der Waals surface area contributed by atoms with E-state index in [4.69, 9.17) is 0 Å². The van der Waals surface area contributed by atoms with Gasteiger partial charge in [0, 0.05) is 29.2 Å². The van der Waals surface area contributed by atoms with Crippen LogP contribution in [0.2, 0.25) is 0 Å². The van der Waals surface area contributed by atoms with Gasteiger partial charge in [0.15, 0.2) is 0 Å². The second-order valence-electron chi connectivity index (χ2n) is 5.63. The molecule has 0 bridgehead atoms. The highest BCUT2D eigenvalue weighted by Gasteiger charge is 2.05. The van der Waals surface area contributed by atoms with Gasteiger partial charge in [-0.3, -0.25) is 4.79 Å². The molecule has 0 unspecified atom stereocenters. The molecule has 0 aliphatic heterocycles. The number of hydrogen-bond acceptors (Lipinski definition) is 1. The van der Waals surface area contributed by atoms with E-state index in [-0.39, 0.29) is 5.91 Å². The van der Waals surface area contributed by atoms with Crippen LogP contribution < -0.4 is 5.32 Å². The summed E-state index contributed by atoms with van der Waals surface area (Å²) in [5.74, 6) is 0.0729. The molecule has 0 fully saturated rings. The summed E-state index contributed by atoms with van der Waals surface area (Å²) in [5.41, 5.74) is 4.49. The van der Waals surface area contributed by atoms with Crippen molar-refractivity contribution in [3.8, 4) is 0 Å². The molecule has 0 saturated heterocycles. The Hall–Kier alpha value is -2.55. The number of carbonyl (C=O) groups is 1. The molecule has 3 rings (SSSR count). The molecule has 0 aliphatic carbocycles. The largest absolute Gasteiger partial charge is 0.361 e. The Balaban J connectivity index is 1.52. The van der Waals surface area contributed by atoms with Gasteiger partial charge in [0.25, 0.3) is 0 Å². The van der Waals surface area contributed by atoms with Crippen LogP contribution in [0.5, 0.6) is 0 Å². The Kier molecular flexibility index (Phi) is 4.24. The van der Waals surface area contributed by atoms with Crippen LogP contribution in [0.15, 0.2) is 54.7 Å². The maximum absolute atomic E-state index is 12.0. The number of aryl methyl sites for hydroxylation is 2. The first-order chi connectivity index (χ1) is 10.7. The predicted octanol–water partition coefficient (Wildman–Crippen LogP) is 4.44. The summed E-state index contributed by atoms with van der Waals surface area (Å²) in [7, 11) is 0. The third-order valence-electron chi connectivity index (χ3n) is 3.86. The summed E-state index contributed by atoms with van der Waals surface area (Å²) in [6, 6.07) is 16.1. The number of aromatic nitrogens is 1. The van der Waals surface area contributed by atoms with Gasteiger partial charge < -0.3 is 10.3 Å². The van der Waals surface area contributed by atoms with Gasteiger partial charge in [-0.1, -0.05) is 35.9 Å². The van der Waals surface area contributed by atoms with E-state index < -0.39 is 0 Å². The number of amides is 1. The molecule has 112 valence electrons. The average molecular weight is 292 g/mol. The summed E-state index contributed by atoms with van der Waals surface area (Å²) in [4.78, 5) is 15.2. The van der Waals surface area contributed by atoms with Crippen molar-refractivity contribution in [3.05, 3.63) is 65.9 Å². The number of aromatic amines is 1. The fraction of sp³-hybridized carbons (Fsp3) is 0.211. The van der Waals surface area contributed by atoms with Gasteiger partial charge in [-0.15, -0.1) is 0 Å². The number of rotatable bonds is 5. The lowest BCUT2D eigenvalue weighted by Crippen LogP contribution is -2.11. The topological polar surface area (TPSA) is 44.9 Å². The number of carbonyl (C=O) groups excluding carboxylic acids is 1. The molecule has 3 nitrogen and oxygen atoms in total. The number of nitrogens with one attached hydrogen (secondary N) is 2. The minimum Gasteiger partial charge on any atom is -0.361 e. The van der Waals surface area contributed by atoms with Gasteiger partial charge in [0.1, 0.15) is 0 Å². The lowest BCUT2D eigenvalue weighted by molar-refractivity contribution is -0.116. The van der Waals surface area contributed by atoms with Crippen molar-refractivity contribution in [2.24, 2.45) is 0 Å². The van der Waals surface area contributed by atoms with Gasteiger partial charge in [0.2, 0.25) is 5.91 Å². The molecule has 3 heteroatoms. The predicted molar refractivity (Wildman–Crippen MR) is 91.0 cm³/mol. The summed E-state index contributed by atoms with van der Waals surface area (Å²) >= 11 is 0. The lowest BCUT2D eigenvalue weighted by Gasteiger charge is -2.05. The normalized spacial score (nSPS) is 10.8. The molecule has 2 aromatic carbocycles. The summed E-state index contributed by atoms with van der Waals surface area (Å²) in [5, 5.41) is 4.19. The molecule has 1 amide bonds. The van der Waals surface area contributed by atoms with Crippen LogP contribution in [0.25, 0.3) is 10.9 Å². The average Bonchev–Trinajstić information content (AvgIpc) is 2.93. The SMILES string of the molecule is Cc1ccc(NC(=O)CCCc2c[nH]c3ccccc23)cc1. The highest BCUT2D eigenvalue weighted by Crippen LogP contribution is 2.19. The molecule has 22 heavy (non-hydrogen) atoms. The molecule has 0 radical (unpaired) electrons. The first-order valence-corrected chi connectivity index (χ1v) is 7.64. The summed E-state index contributed by atoms with van der Waals surface area (Å²) < 4.78 is 0. The van der Waals surface area contributed by atoms with Crippen LogP contribution in [0.3, 0.4) is 0 Å². The molecule has 0 saturated carbocycles. The molecular weight excluding hydrogens is 272 g/mol. The molecule has 0 atom stereocenters. The molecule has 2 N–H and O–H groups in total. The maximum Gasteiger partial charge on any atom is 0.224 e. The Morgan fingerprint density at radius 3 is 2.68 bits per heavy atom. The third-order valence-corrected chi connectivity index (χ3v) is 3.86. The number of fused-ring (bicyclic) bond motifs is 1. The number of H-pyrrole nitrogens is 1. The first kappa shape index (κ1) is 14.4. The van der Waals surface area contributed by atoms with Crippen molar-refractivity contribution in [2.45, 2.75) is 26.2 Å². The lowest BCUT2D eigenvalue weighted by atomic mass is 10.1. The van der Waals surface area contributed by atoms with Crippen molar-refractivity contribution in [1.29, 1.82) is 0 Å². The van der Waals surface area contributed by atoms with E-state index in [9.17, 15) is 4.79 Å². The summed E-state index contributed by atoms with van der Waals surface area (Å²) in [6.07, 6.45) is 4.33. The highest BCUT2D eigenvalue weighted by atomic mass is 16.1. The highest BCUT2D eigenvalue weighted by molar-refractivity contribution is 5.90. The van der Waals surface area contributed by atoms with Crippen molar-refractivity contribution in [3.63, 3.8) is 0 Å². The second kappa shape index (κ2) is 6.48. The molecule has 1 heterocycles. The Morgan fingerprint density at radius 1 is 1.09 bits per heavy atom. The van der Waals surface area contributed by atoms with Crippen LogP contribution in [-0.4, -0.2) is 10.9 Å². The zero-order valence-corrected chi connectivity index (χ0v) is 12.7. The van der Waals surface area contributed by atoms with Crippen LogP contribution in [0.4, 0.5) is 5.69 Å². The molecule has 3 aromatic rings. The third kappa shape index (κ3) is 3.37. The minimum absolute atomic E-state index is 0.0729. The van der Waals surface area contributed by atoms with Crippen molar-refractivity contribution >= 4 is 22.5 Å². The Labute approximate surface area is 130 Å². The van der Waals surface area contributed by atoms with E-state index in [1.54, 1.807) is 0 Å². The van der Waals surface area contributed by atoms with E-state index in [0.717, 1.165) is 24.0 Å². The van der Waals surface area contributed by atoms with Crippen molar-refractivity contribution in [2.75, 3.05) is 5.32 Å². The van der Waals surface area contributed by atoms with Crippen LogP contribution >= 0.6 is 0 Å². The molecule has 1 aromatic heterocycles. The van der Waals surface area contributed by atoms with Gasteiger partial charge in [-0.05, 0) is 43.5 Å². The quantitative estimate of drug-likeness (QED) is 0.717. The van der Waals surface area contributed by atoms with Crippen LogP contribution in [-0.2, 0) is 11.2 Å². The number of anilines is 1. The van der Waals surface area contributed by atoms with Crippen LogP contribution in [0.1, 0.15) is 24.0 Å². The zero-order valence-electron chi connectivity index (χ0n) is 12.7. The Morgan fingerprint density at radius 2 is 1.86 bits per heavy atom. The fourth-order valence-electron chi connectivity index (χ4n) is 2.64. The standard InChI is InChI=1S/C19H20N2O/c1-14-9-11-16(12-10-14)21-19(22)8-4-5-15-13-20-18-7-3-2-6-17(15)18/h2-3,6-7,9-13,20H,4-5,8H2,1H3,(H,21,22). The second-order valence-corrected chi connectivity index (χ2v) is 5.63. The number of para-hydroxylation sites is 1. The van der Waals surface area contributed by atoms with E-state index in [1.165, 1.54) is 16.5 Å². The van der Waals surface area contributed by atoms with E-state index in [1.807, 2.05) is 49.5 Å². The van der Waals surface area contributed by atoms with Gasteiger partial charge in [-0.25, -0.2) is 0 Å². The van der Waals surface area contributed by atoms with Gasteiger partial charge in [0.05, 0.1) is 0 Å². The van der Waals surface area contributed by atoms with E-state index in [0.29, 0.717) is 6.42 Å². The zero-order chi connectivity index (χ0) is 15.4. The molecule has 0 spiro atoms. The maximum atomic E-state index is 12.0. The fourth-order valence-corrected chi connectivity index (χ4v) is 2.64. The number of benzene rings is 2. The monoisotopic (exact) mass is 292 g/mol. The van der Waals surface area contributed by atoms with E-state index >= 15 is 0 Å². The minimum atomic E-state index is 0.0729. The smallest absolute Gasteiger partial charge is 0.224 e. The molecule has 0 aliphatic rings. The Bertz CT molecular complexity index is 771. The van der Waals surface area contributed by atoms with Gasteiger partial charge >= 0.3 is 0 Å². The number of hydrogen-bond donors (Lipinski definition) is 2. The van der Waals surface area contributed by atoms with E-state index in [2.05, 4.69) is 22.4 Å². The van der Waals surface area contributed by atoms with Gasteiger partial charge in [-0.2, -0.15) is 0 Å². The van der Waals surface area contributed by atoms with Crippen molar-refractivity contribution in [1.82, 2.24) is 4.98 Å². The summed E-state index contributed by atoms with van der Waals surface area (Å²) in [6.45, 7) is 2.03. The van der Waals surface area contributed by atoms with Crippen LogP contribution in [0, 0.1) is 6.92 Å². The van der Waals surface area contributed by atoms with Crippen molar-refractivity contribution < 1.29 is 4.79 Å².